The molecule has 0 aliphatic carbocycles. The van der Waals surface area contributed by atoms with Crippen molar-refractivity contribution >= 4 is 67.0 Å². The van der Waals surface area contributed by atoms with Crippen molar-refractivity contribution in [1.82, 2.24) is 14.9 Å². The second-order valence-corrected chi connectivity index (χ2v) is 12.7. The zero-order valence-electron chi connectivity index (χ0n) is 25.2. The van der Waals surface area contributed by atoms with Gasteiger partial charge in [-0.3, -0.25) is 4.79 Å². The van der Waals surface area contributed by atoms with Crippen LogP contribution >= 0.6 is 22.9 Å². The summed E-state index contributed by atoms with van der Waals surface area (Å²) in [6.45, 7) is 7.06. The third kappa shape index (κ3) is 6.60. The molecule has 10 heteroatoms. The van der Waals surface area contributed by atoms with Crippen molar-refractivity contribution in [2.24, 2.45) is 0 Å². The van der Waals surface area contributed by atoms with Crippen LogP contribution in [0.5, 0.6) is 11.5 Å². The molecule has 1 unspecified atom stereocenters. The van der Waals surface area contributed by atoms with E-state index in [1.807, 2.05) is 55.5 Å². The lowest BCUT2D eigenvalue weighted by molar-refractivity contribution is 0.103. The standard InChI is InChI=1S/C34H36ClN5O3S/c1-21-8-6-10-26(35)32(21)39-34(41)31-17-23-16-24(11-12-30(23)44-31)38-33-25-18-28(42-3)29(19-27(25)36-20-37-33)43-15-7-14-40-13-5-4-9-22(40)2/h6,8,10-12,16-20,22H,4-5,7,9,13-15H2,1-3H3,(H,39,41)(H,36,37,38). The topological polar surface area (TPSA) is 88.6 Å². The number of carbonyl (C=O) groups is 1. The van der Waals surface area contributed by atoms with Gasteiger partial charge in [0.25, 0.3) is 5.91 Å². The Morgan fingerprint density at radius 2 is 2.00 bits per heavy atom. The van der Waals surface area contributed by atoms with Crippen LogP contribution in [0.25, 0.3) is 21.0 Å². The summed E-state index contributed by atoms with van der Waals surface area (Å²) < 4.78 is 12.9. The van der Waals surface area contributed by atoms with Crippen LogP contribution in [0.4, 0.5) is 17.2 Å². The van der Waals surface area contributed by atoms with Gasteiger partial charge >= 0.3 is 0 Å². The number of nitrogens with zero attached hydrogens (tertiary/aromatic N) is 3. The molecule has 2 aromatic heterocycles. The van der Waals surface area contributed by atoms with Gasteiger partial charge in [-0.25, -0.2) is 9.97 Å². The number of rotatable bonds is 10. The summed E-state index contributed by atoms with van der Waals surface area (Å²) in [6.07, 6.45) is 6.38. The second-order valence-electron chi connectivity index (χ2n) is 11.2. The lowest BCUT2D eigenvalue weighted by atomic mass is 10.0. The number of carbonyl (C=O) groups excluding carboxylic acids is 1. The molecule has 0 saturated carbocycles. The van der Waals surface area contributed by atoms with Gasteiger partial charge in [-0.15, -0.1) is 11.3 Å². The SMILES string of the molecule is COc1cc2c(Nc3ccc4sc(C(=O)Nc5c(C)cccc5Cl)cc4c3)ncnc2cc1OCCCN1CCCCC1C. The zero-order valence-corrected chi connectivity index (χ0v) is 26.7. The lowest BCUT2D eigenvalue weighted by Gasteiger charge is -2.33. The predicted molar refractivity (Wildman–Crippen MR) is 180 cm³/mol. The Labute approximate surface area is 266 Å². The fourth-order valence-corrected chi connectivity index (χ4v) is 6.92. The Kier molecular flexibility index (Phi) is 9.16. The minimum atomic E-state index is -0.190. The van der Waals surface area contributed by atoms with Crippen LogP contribution in [0.3, 0.4) is 0 Å². The van der Waals surface area contributed by atoms with E-state index < -0.39 is 0 Å². The van der Waals surface area contributed by atoms with Gasteiger partial charge in [0.15, 0.2) is 11.5 Å². The largest absolute Gasteiger partial charge is 0.493 e. The number of hydrogen-bond donors (Lipinski definition) is 2. The molecule has 1 amide bonds. The number of likely N-dealkylation sites (tertiary alicyclic amines) is 1. The van der Waals surface area contributed by atoms with Crippen LogP contribution in [-0.2, 0) is 0 Å². The van der Waals surface area contributed by atoms with E-state index in [-0.39, 0.29) is 5.91 Å². The molecule has 3 aromatic carbocycles. The summed E-state index contributed by atoms with van der Waals surface area (Å²) in [5, 5.41) is 8.67. The molecule has 3 heterocycles. The molecule has 1 aliphatic rings. The number of methoxy groups -OCH3 is 1. The van der Waals surface area contributed by atoms with E-state index in [4.69, 9.17) is 21.1 Å². The van der Waals surface area contributed by atoms with E-state index in [0.717, 1.165) is 45.2 Å². The highest BCUT2D eigenvalue weighted by Gasteiger charge is 2.18. The minimum Gasteiger partial charge on any atom is -0.493 e. The van der Waals surface area contributed by atoms with Crippen molar-refractivity contribution in [1.29, 1.82) is 0 Å². The highest BCUT2D eigenvalue weighted by atomic mass is 35.5. The van der Waals surface area contributed by atoms with Crippen LogP contribution in [0, 0.1) is 6.92 Å². The molecular weight excluding hydrogens is 594 g/mol. The first-order valence-electron chi connectivity index (χ1n) is 15.0. The number of ether oxygens (including phenoxy) is 2. The van der Waals surface area contributed by atoms with Crippen molar-refractivity contribution in [2.45, 2.75) is 45.6 Å². The van der Waals surface area contributed by atoms with Gasteiger partial charge in [-0.2, -0.15) is 0 Å². The van der Waals surface area contributed by atoms with E-state index in [1.165, 1.54) is 37.1 Å². The van der Waals surface area contributed by atoms with Gasteiger partial charge in [-0.1, -0.05) is 30.2 Å². The summed E-state index contributed by atoms with van der Waals surface area (Å²) >= 11 is 7.75. The molecule has 1 aliphatic heterocycles. The van der Waals surface area contributed by atoms with E-state index in [0.29, 0.717) is 45.6 Å². The van der Waals surface area contributed by atoms with Gasteiger partial charge in [0, 0.05) is 34.4 Å². The third-order valence-electron chi connectivity index (χ3n) is 8.17. The monoisotopic (exact) mass is 629 g/mol. The number of anilines is 3. The molecule has 6 rings (SSSR count). The molecule has 2 N–H and O–H groups in total. The summed E-state index contributed by atoms with van der Waals surface area (Å²) in [5.74, 6) is 1.78. The van der Waals surface area contributed by atoms with Gasteiger partial charge < -0.3 is 25.0 Å². The Morgan fingerprint density at radius 3 is 2.82 bits per heavy atom. The number of halogens is 1. The third-order valence-corrected chi connectivity index (χ3v) is 9.60. The van der Waals surface area contributed by atoms with Crippen molar-refractivity contribution < 1.29 is 14.3 Å². The normalized spacial score (nSPS) is 15.4. The van der Waals surface area contributed by atoms with Crippen molar-refractivity contribution in [3.8, 4) is 11.5 Å². The summed E-state index contributed by atoms with van der Waals surface area (Å²) in [6, 6.07) is 17.9. The number of aryl methyl sites for hydroxylation is 1. The van der Waals surface area contributed by atoms with Gasteiger partial charge in [0.2, 0.25) is 0 Å². The van der Waals surface area contributed by atoms with E-state index in [1.54, 1.807) is 19.5 Å². The van der Waals surface area contributed by atoms with Gasteiger partial charge in [0.1, 0.15) is 12.1 Å². The minimum absolute atomic E-state index is 0.190. The molecule has 1 atom stereocenters. The van der Waals surface area contributed by atoms with E-state index in [9.17, 15) is 4.79 Å². The van der Waals surface area contributed by atoms with E-state index >= 15 is 0 Å². The first-order valence-corrected chi connectivity index (χ1v) is 16.2. The average molecular weight is 630 g/mol. The maximum atomic E-state index is 13.1. The predicted octanol–water partition coefficient (Wildman–Crippen LogP) is 8.45. The Balaban J connectivity index is 1.16. The average Bonchev–Trinajstić information content (AvgIpc) is 3.45. The number of amides is 1. The number of aromatic nitrogens is 2. The highest BCUT2D eigenvalue weighted by Crippen LogP contribution is 2.36. The first kappa shape index (κ1) is 30.1. The summed E-state index contributed by atoms with van der Waals surface area (Å²) in [5.41, 5.74) is 3.14. The Hall–Kier alpha value is -3.92. The zero-order chi connectivity index (χ0) is 30.6. The number of thiophene rings is 1. The van der Waals surface area contributed by atoms with Gasteiger partial charge in [0.05, 0.1) is 34.8 Å². The van der Waals surface area contributed by atoms with Crippen LogP contribution < -0.4 is 20.1 Å². The van der Waals surface area contributed by atoms with Crippen LogP contribution in [0.15, 0.2) is 60.9 Å². The number of nitrogens with one attached hydrogen (secondary N) is 2. The van der Waals surface area contributed by atoms with Crippen molar-refractivity contribution in [2.75, 3.05) is 37.4 Å². The Morgan fingerprint density at radius 1 is 1.11 bits per heavy atom. The maximum absolute atomic E-state index is 13.1. The van der Waals surface area contributed by atoms with Gasteiger partial charge in [-0.05, 0) is 87.0 Å². The quantitative estimate of drug-likeness (QED) is 0.150. The molecule has 0 radical (unpaired) electrons. The molecule has 1 fully saturated rings. The van der Waals surface area contributed by atoms with Crippen molar-refractivity contribution in [3.63, 3.8) is 0 Å². The molecule has 8 nitrogen and oxygen atoms in total. The number of fused-ring (bicyclic) bond motifs is 2. The molecule has 5 aromatic rings. The van der Waals surface area contributed by atoms with Crippen LogP contribution in [-0.4, -0.2) is 53.6 Å². The number of para-hydroxylation sites is 1. The molecular formula is C34H36ClN5O3S. The smallest absolute Gasteiger partial charge is 0.265 e. The van der Waals surface area contributed by atoms with Crippen LogP contribution in [0.1, 0.15) is 47.8 Å². The highest BCUT2D eigenvalue weighted by molar-refractivity contribution is 7.20. The molecule has 228 valence electrons. The lowest BCUT2D eigenvalue weighted by Crippen LogP contribution is -2.38. The fraction of sp³-hybridized carbons (Fsp3) is 0.324. The van der Waals surface area contributed by atoms with Crippen LogP contribution in [0.2, 0.25) is 5.02 Å². The summed E-state index contributed by atoms with van der Waals surface area (Å²) in [7, 11) is 1.64. The Bertz CT molecular complexity index is 1790. The number of hydrogen-bond acceptors (Lipinski definition) is 8. The van der Waals surface area contributed by atoms with Crippen molar-refractivity contribution in [3.05, 3.63) is 76.4 Å². The second kappa shape index (κ2) is 13.4. The van der Waals surface area contributed by atoms with E-state index in [2.05, 4.69) is 32.4 Å². The molecule has 0 spiro atoms. The first-order chi connectivity index (χ1) is 21.4. The number of piperidine rings is 1. The molecule has 0 bridgehead atoms. The molecule has 44 heavy (non-hydrogen) atoms. The number of benzene rings is 3. The molecule has 1 saturated heterocycles. The summed E-state index contributed by atoms with van der Waals surface area (Å²) in [4.78, 5) is 25.2. The fourth-order valence-electron chi connectivity index (χ4n) is 5.71. The maximum Gasteiger partial charge on any atom is 0.265 e.